The lowest BCUT2D eigenvalue weighted by Gasteiger charge is -2.44. The molecule has 8 nitrogen and oxygen atoms in total. The van der Waals surface area contributed by atoms with Crippen LogP contribution < -0.4 is 20.3 Å². The molecule has 2 aromatic heterocycles. The van der Waals surface area contributed by atoms with Gasteiger partial charge in [0.05, 0.1) is 29.3 Å². The van der Waals surface area contributed by atoms with Crippen molar-refractivity contribution in [3.8, 4) is 5.75 Å². The van der Waals surface area contributed by atoms with Crippen LogP contribution in [0, 0.1) is 5.41 Å². The van der Waals surface area contributed by atoms with Crippen LogP contribution >= 0.6 is 11.8 Å². The molecule has 1 atom stereocenters. The van der Waals surface area contributed by atoms with Gasteiger partial charge in [0.25, 0.3) is 0 Å². The molecule has 0 unspecified atom stereocenters. The van der Waals surface area contributed by atoms with Crippen molar-refractivity contribution in [1.29, 1.82) is 0 Å². The van der Waals surface area contributed by atoms with E-state index in [2.05, 4.69) is 28.8 Å². The molecule has 2 spiro atoms. The van der Waals surface area contributed by atoms with Crippen molar-refractivity contribution in [3.63, 3.8) is 0 Å². The zero-order valence-electron chi connectivity index (χ0n) is 20.1. The number of anilines is 3. The second-order valence-corrected chi connectivity index (χ2v) is 11.6. The minimum atomic E-state index is 0.0828. The maximum Gasteiger partial charge on any atom is 0.175 e. The summed E-state index contributed by atoms with van der Waals surface area (Å²) in [5.41, 5.74) is 6.82. The Morgan fingerprint density at radius 2 is 1.91 bits per heavy atom. The lowest BCUT2D eigenvalue weighted by molar-refractivity contribution is 0.0976. The standard InChI is InChI=1S/C25H34N6O2S/c1-17-13-24(15-32-17)8-11-31(12-9-24)19-14-28-23(21(26)29-19)34-18-5-10-27-22-20(18)33-16-25(30(22)2)6-3-4-7-25/h5,10,14,17H,3-4,6-9,11-13,15-16H2,1-2H3,(H2,26,29)/t17-/m0/s1. The summed E-state index contributed by atoms with van der Waals surface area (Å²) in [5.74, 6) is 3.06. The molecule has 0 aromatic carbocycles. The molecule has 0 radical (unpaired) electrons. The van der Waals surface area contributed by atoms with Crippen molar-refractivity contribution in [3.05, 3.63) is 18.5 Å². The minimum absolute atomic E-state index is 0.0828. The molecule has 9 heteroatoms. The summed E-state index contributed by atoms with van der Waals surface area (Å²) in [6, 6.07) is 1.98. The van der Waals surface area contributed by atoms with Gasteiger partial charge in [-0.15, -0.1) is 0 Å². The van der Waals surface area contributed by atoms with Crippen LogP contribution in [0.1, 0.15) is 51.9 Å². The van der Waals surface area contributed by atoms with Gasteiger partial charge in [-0.1, -0.05) is 24.6 Å². The lowest BCUT2D eigenvalue weighted by Crippen LogP contribution is -2.52. The van der Waals surface area contributed by atoms with E-state index in [9.17, 15) is 0 Å². The second kappa shape index (κ2) is 8.45. The summed E-state index contributed by atoms with van der Waals surface area (Å²) in [7, 11) is 2.15. The number of rotatable bonds is 3. The fourth-order valence-electron chi connectivity index (χ4n) is 6.24. The molecule has 34 heavy (non-hydrogen) atoms. The molecular weight excluding hydrogens is 448 g/mol. The molecular formula is C25H34N6O2S. The predicted molar refractivity (Wildman–Crippen MR) is 134 cm³/mol. The summed E-state index contributed by atoms with van der Waals surface area (Å²) in [6.45, 7) is 5.71. The Bertz CT molecular complexity index is 1070. The molecule has 4 aliphatic rings. The van der Waals surface area contributed by atoms with Gasteiger partial charge in [-0.3, -0.25) is 0 Å². The van der Waals surface area contributed by atoms with Gasteiger partial charge in [-0.05, 0) is 50.5 Å². The van der Waals surface area contributed by atoms with Crippen molar-refractivity contribution in [1.82, 2.24) is 15.0 Å². The smallest absolute Gasteiger partial charge is 0.175 e. The van der Waals surface area contributed by atoms with Gasteiger partial charge in [0.1, 0.15) is 17.5 Å². The van der Waals surface area contributed by atoms with Gasteiger partial charge in [0.2, 0.25) is 0 Å². The first kappa shape index (κ1) is 22.2. The van der Waals surface area contributed by atoms with Gasteiger partial charge < -0.3 is 25.0 Å². The number of nitrogens with two attached hydrogens (primary N) is 1. The zero-order valence-corrected chi connectivity index (χ0v) is 20.9. The van der Waals surface area contributed by atoms with Crippen LogP contribution in [-0.4, -0.2) is 59.9 Å². The number of nitrogens with zero attached hydrogens (tertiary/aromatic N) is 5. The first-order valence-electron chi connectivity index (χ1n) is 12.5. The molecule has 182 valence electrons. The Labute approximate surface area is 205 Å². The Hall–Kier alpha value is -2.26. The molecule has 0 amide bonds. The molecule has 3 aliphatic heterocycles. The third-order valence-electron chi connectivity index (χ3n) is 8.40. The van der Waals surface area contributed by atoms with Crippen LogP contribution in [0.4, 0.5) is 17.5 Å². The Balaban J connectivity index is 1.17. The summed E-state index contributed by atoms with van der Waals surface area (Å²) >= 11 is 1.51. The molecule has 3 fully saturated rings. The van der Waals surface area contributed by atoms with Crippen molar-refractivity contribution in [2.75, 3.05) is 48.9 Å². The van der Waals surface area contributed by atoms with Crippen LogP contribution in [0.3, 0.4) is 0 Å². The van der Waals surface area contributed by atoms with Gasteiger partial charge in [-0.25, -0.2) is 15.0 Å². The first-order chi connectivity index (χ1) is 16.5. The molecule has 0 bridgehead atoms. The fourth-order valence-corrected chi connectivity index (χ4v) is 7.07. The van der Waals surface area contributed by atoms with E-state index in [0.29, 0.717) is 29.0 Å². The number of pyridine rings is 1. The third kappa shape index (κ3) is 3.77. The quantitative estimate of drug-likeness (QED) is 0.693. The minimum Gasteiger partial charge on any atom is -0.486 e. The SMILES string of the molecule is C[C@H]1CC2(CCN(c3cnc(Sc4ccnc5c4OCC4(CCCC4)N5C)c(N)n3)CC2)CO1. The van der Waals surface area contributed by atoms with Gasteiger partial charge >= 0.3 is 0 Å². The normalized spacial score (nSPS) is 25.1. The maximum absolute atomic E-state index is 6.40. The van der Waals surface area contributed by atoms with Gasteiger partial charge in [0.15, 0.2) is 17.4 Å². The van der Waals surface area contributed by atoms with Gasteiger partial charge in [0, 0.05) is 26.3 Å². The van der Waals surface area contributed by atoms with E-state index in [1.54, 1.807) is 0 Å². The largest absolute Gasteiger partial charge is 0.486 e. The van der Waals surface area contributed by atoms with Crippen LogP contribution in [0.2, 0.25) is 0 Å². The Morgan fingerprint density at radius 3 is 2.62 bits per heavy atom. The van der Waals surface area contributed by atoms with Crippen LogP contribution in [-0.2, 0) is 4.74 Å². The zero-order chi connectivity index (χ0) is 23.3. The molecule has 6 rings (SSSR count). The van der Waals surface area contributed by atoms with Crippen LogP contribution in [0.5, 0.6) is 5.75 Å². The predicted octanol–water partition coefficient (Wildman–Crippen LogP) is 4.14. The number of aromatic nitrogens is 3. The van der Waals surface area contributed by atoms with Crippen LogP contribution in [0.15, 0.2) is 28.4 Å². The fraction of sp³-hybridized carbons (Fsp3) is 0.640. The number of hydrogen-bond acceptors (Lipinski definition) is 9. The highest BCUT2D eigenvalue weighted by molar-refractivity contribution is 7.99. The summed E-state index contributed by atoms with van der Waals surface area (Å²) in [5, 5.41) is 0.705. The molecule has 1 saturated carbocycles. The van der Waals surface area contributed by atoms with E-state index in [-0.39, 0.29) is 5.54 Å². The molecule has 1 aliphatic carbocycles. The van der Waals surface area contributed by atoms with E-state index in [1.807, 2.05) is 18.5 Å². The van der Waals surface area contributed by atoms with E-state index >= 15 is 0 Å². The van der Waals surface area contributed by atoms with E-state index in [0.717, 1.165) is 67.7 Å². The monoisotopic (exact) mass is 482 g/mol. The summed E-state index contributed by atoms with van der Waals surface area (Å²) in [4.78, 5) is 19.7. The number of piperidine rings is 1. The van der Waals surface area contributed by atoms with E-state index < -0.39 is 0 Å². The molecule has 2 N–H and O–H groups in total. The number of nitrogen functional groups attached to an aromatic ring is 1. The second-order valence-electron chi connectivity index (χ2n) is 10.6. The molecule has 2 aromatic rings. The Kier molecular flexibility index (Phi) is 5.52. The van der Waals surface area contributed by atoms with Crippen molar-refractivity contribution in [2.24, 2.45) is 5.41 Å². The van der Waals surface area contributed by atoms with Gasteiger partial charge in [-0.2, -0.15) is 0 Å². The Morgan fingerprint density at radius 1 is 1.12 bits per heavy atom. The highest BCUT2D eigenvalue weighted by Gasteiger charge is 2.44. The lowest BCUT2D eigenvalue weighted by atomic mass is 9.77. The number of ether oxygens (including phenoxy) is 2. The van der Waals surface area contributed by atoms with Crippen LogP contribution in [0.25, 0.3) is 0 Å². The van der Waals surface area contributed by atoms with Crippen molar-refractivity contribution < 1.29 is 9.47 Å². The highest BCUT2D eigenvalue weighted by atomic mass is 32.2. The maximum atomic E-state index is 6.40. The number of fused-ring (bicyclic) bond motifs is 1. The topological polar surface area (TPSA) is 89.6 Å². The summed E-state index contributed by atoms with van der Waals surface area (Å²) in [6.07, 6.45) is 12.3. The molecule has 5 heterocycles. The van der Waals surface area contributed by atoms with E-state index in [4.69, 9.17) is 25.2 Å². The highest BCUT2D eigenvalue weighted by Crippen LogP contribution is 2.48. The third-order valence-corrected chi connectivity index (χ3v) is 9.45. The van der Waals surface area contributed by atoms with E-state index in [1.165, 1.54) is 31.0 Å². The van der Waals surface area contributed by atoms with Crippen molar-refractivity contribution in [2.45, 2.75) is 73.4 Å². The average Bonchev–Trinajstić information content (AvgIpc) is 3.46. The number of hydrogen-bond donors (Lipinski definition) is 1. The summed E-state index contributed by atoms with van der Waals surface area (Å²) < 4.78 is 12.2. The first-order valence-corrected chi connectivity index (χ1v) is 13.3. The number of likely N-dealkylation sites (N-methyl/N-ethyl adjacent to an activating group) is 1. The molecule has 2 saturated heterocycles. The average molecular weight is 483 g/mol. The van der Waals surface area contributed by atoms with Crippen molar-refractivity contribution >= 4 is 29.2 Å².